The van der Waals surface area contributed by atoms with Crippen molar-refractivity contribution in [1.29, 1.82) is 0 Å². The summed E-state index contributed by atoms with van der Waals surface area (Å²) in [5.41, 5.74) is 3.67. The molecule has 13 nitrogen and oxygen atoms in total. The minimum atomic E-state index is -4.23. The molecule has 4 rings (SSSR count). The molecule has 0 unspecified atom stereocenters. The number of anilines is 4. The first-order valence-corrected chi connectivity index (χ1v) is 14.5. The van der Waals surface area contributed by atoms with Crippen molar-refractivity contribution < 1.29 is 32.2 Å². The van der Waals surface area contributed by atoms with Gasteiger partial charge in [0.25, 0.3) is 10.0 Å². The summed E-state index contributed by atoms with van der Waals surface area (Å²) in [6.07, 6.45) is -0.286. The van der Waals surface area contributed by atoms with Crippen LogP contribution >= 0.6 is 0 Å². The lowest BCUT2D eigenvalue weighted by Crippen LogP contribution is -2.41. The molecule has 43 heavy (non-hydrogen) atoms. The molecular weight excluding hydrogens is 576 g/mol. The highest BCUT2D eigenvalue weighted by Crippen LogP contribution is 2.31. The molecule has 3 aromatic carbocycles. The van der Waals surface area contributed by atoms with Gasteiger partial charge < -0.3 is 24.3 Å². The molecule has 4 aromatic rings. The second-order valence-electron chi connectivity index (χ2n) is 10.1. The van der Waals surface area contributed by atoms with Gasteiger partial charge in [0, 0.05) is 23.9 Å². The van der Waals surface area contributed by atoms with Crippen LogP contribution in [0.25, 0.3) is 11.0 Å². The highest BCUT2D eigenvalue weighted by Gasteiger charge is 2.24. The topological polar surface area (TPSA) is 161 Å². The Labute approximate surface area is 249 Å². The zero-order valence-electron chi connectivity index (χ0n) is 24.2. The Balaban J connectivity index is 1.67. The van der Waals surface area contributed by atoms with E-state index in [0.29, 0.717) is 34.5 Å². The van der Waals surface area contributed by atoms with E-state index in [2.05, 4.69) is 25.4 Å². The van der Waals surface area contributed by atoms with E-state index in [1.54, 1.807) is 69.3 Å². The quantitative estimate of drug-likeness (QED) is 0.156. The van der Waals surface area contributed by atoms with Crippen molar-refractivity contribution in [2.45, 2.75) is 31.3 Å². The Hall–Kier alpha value is -5.11. The summed E-state index contributed by atoms with van der Waals surface area (Å²) in [5.74, 6) is 1.10. The van der Waals surface area contributed by atoms with Gasteiger partial charge in [0.2, 0.25) is 0 Å². The fourth-order valence-corrected chi connectivity index (χ4v) is 4.86. The van der Waals surface area contributed by atoms with Crippen LogP contribution in [0.2, 0.25) is 0 Å². The average molecular weight is 609 g/mol. The Morgan fingerprint density at radius 3 is 2.09 bits per heavy atom. The number of carbonyl (C=O) groups excluding carboxylic acids is 2. The van der Waals surface area contributed by atoms with E-state index in [9.17, 15) is 18.0 Å². The Kier molecular flexibility index (Phi) is 9.19. The van der Waals surface area contributed by atoms with Crippen molar-refractivity contribution in [2.24, 2.45) is 0 Å². The summed E-state index contributed by atoms with van der Waals surface area (Å²) >= 11 is 0. The molecule has 1 aromatic heterocycles. The minimum absolute atomic E-state index is 0.0600. The van der Waals surface area contributed by atoms with Crippen LogP contribution in [-0.4, -0.2) is 62.1 Å². The van der Waals surface area contributed by atoms with Crippen LogP contribution in [0, 0.1) is 0 Å². The molecule has 1 amide bonds. The number of aromatic nitrogens is 2. The standard InChI is InChI=1S/C29H32N6O7S/c1-29(2,3)42-28(37)35(13-14-36)33-19-9-8-10-23(17-19)43(38,39)34-27-26(31-24-11-6-7-12-25(24)32-27)30-20-15-21(40-4)18-22(16-20)41-5/h6-12,14-18,33H,13H2,1-5H3,(H,30,31)(H,32,34). The fraction of sp³-hybridized carbons (Fsp3) is 0.241. The molecular formula is C29H32N6O7S. The number of para-hydroxylation sites is 2. The molecule has 0 aliphatic carbocycles. The van der Waals surface area contributed by atoms with Crippen molar-refractivity contribution >= 4 is 56.4 Å². The van der Waals surface area contributed by atoms with Crippen molar-refractivity contribution in [3.05, 3.63) is 66.7 Å². The molecule has 0 radical (unpaired) electrons. The molecule has 0 atom stereocenters. The molecule has 0 spiro atoms. The van der Waals surface area contributed by atoms with E-state index in [-0.39, 0.29) is 28.8 Å². The van der Waals surface area contributed by atoms with Crippen molar-refractivity contribution in [2.75, 3.05) is 36.2 Å². The number of amides is 1. The predicted molar refractivity (Wildman–Crippen MR) is 162 cm³/mol. The number of nitrogens with zero attached hydrogens (tertiary/aromatic N) is 3. The van der Waals surface area contributed by atoms with Crippen LogP contribution in [0.1, 0.15) is 20.8 Å². The van der Waals surface area contributed by atoms with Gasteiger partial charge in [-0.1, -0.05) is 18.2 Å². The van der Waals surface area contributed by atoms with Crippen LogP contribution in [0.4, 0.5) is 27.8 Å². The minimum Gasteiger partial charge on any atom is -0.497 e. The number of methoxy groups -OCH3 is 2. The number of rotatable bonds is 11. The number of ether oxygens (including phenoxy) is 3. The van der Waals surface area contributed by atoms with Gasteiger partial charge in [-0.05, 0) is 51.1 Å². The summed E-state index contributed by atoms with van der Waals surface area (Å²) in [5, 5.41) is 4.05. The van der Waals surface area contributed by atoms with Gasteiger partial charge in [-0.25, -0.2) is 28.2 Å². The Bertz CT molecular complexity index is 1720. The predicted octanol–water partition coefficient (Wildman–Crippen LogP) is 4.95. The third-order valence-corrected chi connectivity index (χ3v) is 7.03. The van der Waals surface area contributed by atoms with Gasteiger partial charge in [-0.15, -0.1) is 0 Å². The van der Waals surface area contributed by atoms with Crippen LogP contribution in [0.3, 0.4) is 0 Å². The smallest absolute Gasteiger partial charge is 0.429 e. The second kappa shape index (κ2) is 12.8. The molecule has 0 saturated carbocycles. The van der Waals surface area contributed by atoms with Gasteiger partial charge in [-0.3, -0.25) is 10.1 Å². The molecule has 0 fully saturated rings. The highest BCUT2D eigenvalue weighted by atomic mass is 32.2. The molecule has 3 N–H and O–H groups in total. The highest BCUT2D eigenvalue weighted by molar-refractivity contribution is 7.92. The Morgan fingerprint density at radius 2 is 1.51 bits per heavy atom. The average Bonchev–Trinajstić information content (AvgIpc) is 2.96. The molecule has 1 heterocycles. The molecule has 0 aliphatic rings. The first kappa shape index (κ1) is 30.8. The number of hydrogen-bond donors (Lipinski definition) is 3. The number of hydrogen-bond acceptors (Lipinski definition) is 11. The third-order valence-electron chi connectivity index (χ3n) is 5.70. The summed E-state index contributed by atoms with van der Waals surface area (Å²) in [6, 6.07) is 17.8. The molecule has 14 heteroatoms. The number of benzene rings is 3. The molecule has 226 valence electrons. The normalized spacial score (nSPS) is 11.4. The van der Waals surface area contributed by atoms with E-state index in [0.717, 1.165) is 5.01 Å². The van der Waals surface area contributed by atoms with E-state index >= 15 is 0 Å². The lowest BCUT2D eigenvalue weighted by atomic mass is 10.2. The Morgan fingerprint density at radius 1 is 0.884 bits per heavy atom. The number of fused-ring (bicyclic) bond motifs is 1. The lowest BCUT2D eigenvalue weighted by Gasteiger charge is -2.27. The van der Waals surface area contributed by atoms with Gasteiger partial charge in [0.15, 0.2) is 11.6 Å². The number of nitrogens with one attached hydrogen (secondary N) is 3. The first-order valence-electron chi connectivity index (χ1n) is 13.0. The summed E-state index contributed by atoms with van der Waals surface area (Å²) in [4.78, 5) is 32.7. The third kappa shape index (κ3) is 8.01. The van der Waals surface area contributed by atoms with E-state index < -0.39 is 21.7 Å². The molecule has 0 aliphatic heterocycles. The van der Waals surface area contributed by atoms with E-state index in [1.807, 2.05) is 0 Å². The maximum absolute atomic E-state index is 13.6. The molecule has 0 saturated heterocycles. The maximum Gasteiger partial charge on any atom is 0.429 e. The summed E-state index contributed by atoms with van der Waals surface area (Å²) in [7, 11) is -1.20. The first-order chi connectivity index (χ1) is 20.4. The number of aldehydes is 1. The van der Waals surface area contributed by atoms with Gasteiger partial charge in [-0.2, -0.15) is 0 Å². The van der Waals surface area contributed by atoms with Crippen LogP contribution in [0.15, 0.2) is 71.6 Å². The summed E-state index contributed by atoms with van der Waals surface area (Å²) < 4.78 is 45.7. The van der Waals surface area contributed by atoms with Crippen molar-refractivity contribution in [3.8, 4) is 11.5 Å². The van der Waals surface area contributed by atoms with Gasteiger partial charge in [0.1, 0.15) is 29.9 Å². The van der Waals surface area contributed by atoms with Crippen LogP contribution < -0.4 is 24.9 Å². The van der Waals surface area contributed by atoms with Crippen molar-refractivity contribution in [1.82, 2.24) is 15.0 Å². The van der Waals surface area contributed by atoms with E-state index in [1.165, 1.54) is 32.4 Å². The number of carbonyl (C=O) groups is 2. The zero-order valence-corrected chi connectivity index (χ0v) is 25.1. The lowest BCUT2D eigenvalue weighted by molar-refractivity contribution is -0.108. The maximum atomic E-state index is 13.6. The monoisotopic (exact) mass is 608 g/mol. The van der Waals surface area contributed by atoms with Crippen LogP contribution in [-0.2, 0) is 19.6 Å². The summed E-state index contributed by atoms with van der Waals surface area (Å²) in [6.45, 7) is 4.73. The SMILES string of the molecule is COc1cc(Nc2nc3ccccc3nc2NS(=O)(=O)c2cccc(NN(CC=O)C(=O)OC(C)(C)C)c2)cc(OC)c1. The van der Waals surface area contributed by atoms with E-state index in [4.69, 9.17) is 14.2 Å². The van der Waals surface area contributed by atoms with Crippen molar-refractivity contribution in [3.63, 3.8) is 0 Å². The number of hydrazine groups is 1. The second-order valence-corrected chi connectivity index (χ2v) is 11.8. The zero-order chi connectivity index (χ0) is 31.2. The largest absolute Gasteiger partial charge is 0.497 e. The molecule has 0 bridgehead atoms. The fourth-order valence-electron chi connectivity index (χ4n) is 3.81. The van der Waals surface area contributed by atoms with Gasteiger partial charge >= 0.3 is 6.09 Å². The van der Waals surface area contributed by atoms with Crippen LogP contribution in [0.5, 0.6) is 11.5 Å². The number of sulfonamides is 1. The van der Waals surface area contributed by atoms with Gasteiger partial charge in [0.05, 0.1) is 35.8 Å².